The molecule has 0 aliphatic rings. The number of hydrogen-bond donors (Lipinski definition) is 2. The third-order valence-electron chi connectivity index (χ3n) is 3.04. The summed E-state index contributed by atoms with van der Waals surface area (Å²) in [5.41, 5.74) is 3.33. The van der Waals surface area contributed by atoms with Crippen LogP contribution in [0.25, 0.3) is 11.1 Å². The molecule has 1 N–H and O–H groups in total. The van der Waals surface area contributed by atoms with Crippen molar-refractivity contribution in [3.63, 3.8) is 0 Å². The van der Waals surface area contributed by atoms with Crippen LogP contribution in [-0.4, -0.2) is 11.1 Å². The molecule has 98 valence electrons. The van der Waals surface area contributed by atoms with Gasteiger partial charge in [-0.05, 0) is 23.1 Å². The molecule has 19 heavy (non-hydrogen) atoms. The molecule has 0 aromatic heterocycles. The van der Waals surface area contributed by atoms with Gasteiger partial charge in [-0.25, -0.2) is 0 Å². The molecule has 0 radical (unpaired) electrons. The van der Waals surface area contributed by atoms with Crippen LogP contribution in [0.3, 0.4) is 0 Å². The molecule has 0 aliphatic heterocycles. The van der Waals surface area contributed by atoms with Crippen molar-refractivity contribution in [2.45, 2.75) is 18.1 Å². The zero-order valence-corrected chi connectivity index (χ0v) is 11.4. The standard InChI is InChI=1S/C16H16O2S/c17-16(18)11-10-15(19)14-9-5-4-8-13(14)12-6-2-1-3-7-12/h1-9,15,19H,10-11H2,(H,17,18). The number of thiol groups is 1. The maximum absolute atomic E-state index is 10.7. The fourth-order valence-corrected chi connectivity index (χ4v) is 2.44. The maximum Gasteiger partial charge on any atom is 0.303 e. The Morgan fingerprint density at radius 1 is 1.05 bits per heavy atom. The van der Waals surface area contributed by atoms with Crippen LogP contribution in [0.1, 0.15) is 23.7 Å². The van der Waals surface area contributed by atoms with E-state index in [2.05, 4.69) is 30.8 Å². The average molecular weight is 272 g/mol. The molecule has 2 aromatic rings. The van der Waals surface area contributed by atoms with Gasteiger partial charge in [0.1, 0.15) is 0 Å². The van der Waals surface area contributed by atoms with Crippen LogP contribution >= 0.6 is 12.6 Å². The zero-order valence-electron chi connectivity index (χ0n) is 10.5. The van der Waals surface area contributed by atoms with Gasteiger partial charge in [0.25, 0.3) is 0 Å². The molecule has 0 fully saturated rings. The summed E-state index contributed by atoms with van der Waals surface area (Å²) >= 11 is 4.55. The van der Waals surface area contributed by atoms with Crippen molar-refractivity contribution in [1.82, 2.24) is 0 Å². The molecule has 2 aromatic carbocycles. The largest absolute Gasteiger partial charge is 0.481 e. The summed E-state index contributed by atoms with van der Waals surface area (Å²) in [4.78, 5) is 10.7. The Balaban J connectivity index is 2.28. The Labute approximate surface area is 118 Å². The molecule has 0 saturated heterocycles. The highest BCUT2D eigenvalue weighted by molar-refractivity contribution is 7.80. The first-order valence-electron chi connectivity index (χ1n) is 6.22. The quantitative estimate of drug-likeness (QED) is 0.801. The van der Waals surface area contributed by atoms with E-state index in [1.807, 2.05) is 36.4 Å². The van der Waals surface area contributed by atoms with Crippen LogP contribution in [0.4, 0.5) is 0 Å². The third-order valence-corrected chi connectivity index (χ3v) is 3.57. The fraction of sp³-hybridized carbons (Fsp3) is 0.188. The van der Waals surface area contributed by atoms with E-state index < -0.39 is 5.97 Å². The predicted molar refractivity (Wildman–Crippen MR) is 80.5 cm³/mol. The zero-order chi connectivity index (χ0) is 13.7. The van der Waals surface area contributed by atoms with Gasteiger partial charge in [-0.15, -0.1) is 0 Å². The molecule has 0 amide bonds. The highest BCUT2D eigenvalue weighted by atomic mass is 32.1. The molecule has 0 spiro atoms. The molecule has 1 unspecified atom stereocenters. The molecule has 2 nitrogen and oxygen atoms in total. The highest BCUT2D eigenvalue weighted by Crippen LogP contribution is 2.33. The Hall–Kier alpha value is -1.74. The first kappa shape index (κ1) is 13.7. The lowest BCUT2D eigenvalue weighted by Crippen LogP contribution is -2.00. The second-order valence-corrected chi connectivity index (χ2v) is 5.02. The lowest BCUT2D eigenvalue weighted by molar-refractivity contribution is -0.137. The average Bonchev–Trinajstić information content (AvgIpc) is 2.45. The third kappa shape index (κ3) is 3.61. The molecule has 0 aliphatic carbocycles. The molecule has 2 rings (SSSR count). The van der Waals surface area contributed by atoms with E-state index in [0.29, 0.717) is 6.42 Å². The van der Waals surface area contributed by atoms with Crippen molar-refractivity contribution in [3.05, 3.63) is 60.2 Å². The van der Waals surface area contributed by atoms with Crippen LogP contribution in [0, 0.1) is 0 Å². The minimum absolute atomic E-state index is 0.0625. The van der Waals surface area contributed by atoms with Crippen LogP contribution in [0.5, 0.6) is 0 Å². The molecular weight excluding hydrogens is 256 g/mol. The first-order valence-corrected chi connectivity index (χ1v) is 6.74. The highest BCUT2D eigenvalue weighted by Gasteiger charge is 2.13. The Morgan fingerprint density at radius 2 is 1.68 bits per heavy atom. The van der Waals surface area contributed by atoms with Gasteiger partial charge >= 0.3 is 5.97 Å². The Kier molecular flexibility index (Phi) is 4.63. The minimum Gasteiger partial charge on any atom is -0.481 e. The SMILES string of the molecule is O=C(O)CCC(S)c1ccccc1-c1ccccc1. The molecule has 0 heterocycles. The van der Waals surface area contributed by atoms with Crippen molar-refractivity contribution in [2.75, 3.05) is 0 Å². The second-order valence-electron chi connectivity index (χ2n) is 4.40. The monoisotopic (exact) mass is 272 g/mol. The number of carboxylic acids is 1. The fourth-order valence-electron chi connectivity index (χ4n) is 2.08. The van der Waals surface area contributed by atoms with Gasteiger partial charge in [-0.2, -0.15) is 12.6 Å². The smallest absolute Gasteiger partial charge is 0.303 e. The van der Waals surface area contributed by atoms with Gasteiger partial charge in [-0.3, -0.25) is 4.79 Å². The first-order chi connectivity index (χ1) is 9.18. The van der Waals surface area contributed by atoms with E-state index >= 15 is 0 Å². The number of hydrogen-bond acceptors (Lipinski definition) is 2. The van der Waals surface area contributed by atoms with E-state index in [0.717, 1.165) is 16.7 Å². The second kappa shape index (κ2) is 6.43. The van der Waals surface area contributed by atoms with Crippen LogP contribution in [-0.2, 0) is 4.79 Å². The number of benzene rings is 2. The van der Waals surface area contributed by atoms with Crippen molar-refractivity contribution in [1.29, 1.82) is 0 Å². The number of carbonyl (C=O) groups is 1. The van der Waals surface area contributed by atoms with Crippen LogP contribution in [0.15, 0.2) is 54.6 Å². The van der Waals surface area contributed by atoms with Crippen molar-refractivity contribution in [3.8, 4) is 11.1 Å². The molecule has 0 saturated carbocycles. The molecule has 3 heteroatoms. The van der Waals surface area contributed by atoms with Crippen molar-refractivity contribution >= 4 is 18.6 Å². The predicted octanol–water partition coefficient (Wildman–Crippen LogP) is 4.19. The van der Waals surface area contributed by atoms with Gasteiger partial charge in [-0.1, -0.05) is 54.6 Å². The van der Waals surface area contributed by atoms with E-state index in [1.54, 1.807) is 0 Å². The van der Waals surface area contributed by atoms with E-state index in [4.69, 9.17) is 5.11 Å². The summed E-state index contributed by atoms with van der Waals surface area (Å²) in [6.45, 7) is 0. The Morgan fingerprint density at radius 3 is 2.37 bits per heavy atom. The van der Waals surface area contributed by atoms with Crippen molar-refractivity contribution in [2.24, 2.45) is 0 Å². The van der Waals surface area contributed by atoms with Gasteiger partial charge < -0.3 is 5.11 Å². The van der Waals surface area contributed by atoms with E-state index in [-0.39, 0.29) is 11.7 Å². The van der Waals surface area contributed by atoms with Gasteiger partial charge in [0, 0.05) is 11.7 Å². The number of rotatable bonds is 5. The van der Waals surface area contributed by atoms with Gasteiger partial charge in [0.15, 0.2) is 0 Å². The summed E-state index contributed by atoms with van der Waals surface area (Å²) in [7, 11) is 0. The summed E-state index contributed by atoms with van der Waals surface area (Å²) in [5.74, 6) is -0.781. The molecular formula is C16H16O2S. The number of carboxylic acid groups (broad SMARTS) is 1. The summed E-state index contributed by atoms with van der Waals surface area (Å²) in [6, 6.07) is 18.1. The number of aliphatic carboxylic acids is 1. The lowest BCUT2D eigenvalue weighted by Gasteiger charge is -2.15. The molecule has 1 atom stereocenters. The summed E-state index contributed by atoms with van der Waals surface area (Å²) < 4.78 is 0. The minimum atomic E-state index is -0.781. The van der Waals surface area contributed by atoms with Gasteiger partial charge in [0.05, 0.1) is 0 Å². The van der Waals surface area contributed by atoms with Crippen LogP contribution < -0.4 is 0 Å². The van der Waals surface area contributed by atoms with Crippen LogP contribution in [0.2, 0.25) is 0 Å². The van der Waals surface area contributed by atoms with E-state index in [9.17, 15) is 4.79 Å². The topological polar surface area (TPSA) is 37.3 Å². The summed E-state index contributed by atoms with van der Waals surface area (Å²) in [5, 5.41) is 8.70. The Bertz CT molecular complexity index is 552. The normalized spacial score (nSPS) is 12.1. The maximum atomic E-state index is 10.7. The lowest BCUT2D eigenvalue weighted by atomic mass is 9.96. The van der Waals surface area contributed by atoms with Gasteiger partial charge in [0.2, 0.25) is 0 Å². The van der Waals surface area contributed by atoms with E-state index in [1.165, 1.54) is 0 Å². The summed E-state index contributed by atoms with van der Waals surface area (Å²) in [6.07, 6.45) is 0.666. The molecule has 0 bridgehead atoms. The van der Waals surface area contributed by atoms with Crippen molar-refractivity contribution < 1.29 is 9.90 Å².